The predicted octanol–water partition coefficient (Wildman–Crippen LogP) is 2.60. The number of guanidine groups is 1. The zero-order valence-corrected chi connectivity index (χ0v) is 12.5. The van der Waals surface area contributed by atoms with Gasteiger partial charge in [-0.1, -0.05) is 32.0 Å². The van der Waals surface area contributed by atoms with Gasteiger partial charge in [0.2, 0.25) is 5.96 Å². The van der Waals surface area contributed by atoms with Gasteiger partial charge in [0, 0.05) is 19.3 Å². The summed E-state index contributed by atoms with van der Waals surface area (Å²) in [6.45, 7) is 6.89. The fourth-order valence-electron chi connectivity index (χ4n) is 2.07. The highest BCUT2D eigenvalue weighted by molar-refractivity contribution is 6.01. The lowest BCUT2D eigenvalue weighted by atomic mass is 10.3. The maximum atomic E-state index is 4.36. The van der Waals surface area contributed by atoms with Gasteiger partial charge in [-0.3, -0.25) is 0 Å². The van der Waals surface area contributed by atoms with Gasteiger partial charge in [-0.15, -0.1) is 0 Å². The second-order valence-electron chi connectivity index (χ2n) is 4.34. The summed E-state index contributed by atoms with van der Waals surface area (Å²) in [5.74, 6) is 1.78. The number of rotatable bonds is 1. The number of benzene rings is 1. The Morgan fingerprint density at radius 1 is 1.20 bits per heavy atom. The van der Waals surface area contributed by atoms with E-state index in [0.29, 0.717) is 0 Å². The minimum absolute atomic E-state index is 0.814. The first-order valence-corrected chi connectivity index (χ1v) is 6.90. The third kappa shape index (κ3) is 2.58. The van der Waals surface area contributed by atoms with Crippen LogP contribution in [0, 0.1) is 0 Å². The van der Waals surface area contributed by atoms with E-state index in [1.165, 1.54) is 5.57 Å². The van der Waals surface area contributed by atoms with Crippen LogP contribution in [-0.4, -0.2) is 30.9 Å². The molecule has 0 unspecified atom stereocenters. The molecule has 1 N–H and O–H groups in total. The van der Waals surface area contributed by atoms with E-state index >= 15 is 0 Å². The molecule has 20 heavy (non-hydrogen) atoms. The molecule has 0 spiro atoms. The van der Waals surface area contributed by atoms with Gasteiger partial charge in [0.15, 0.2) is 5.82 Å². The molecule has 0 amide bonds. The number of hydrogen-bond donors (Lipinski definition) is 1. The largest absolute Gasteiger partial charge is 0.314 e. The van der Waals surface area contributed by atoms with Crippen molar-refractivity contribution >= 4 is 18.0 Å². The van der Waals surface area contributed by atoms with E-state index in [1.54, 1.807) is 6.34 Å². The lowest BCUT2D eigenvalue weighted by molar-refractivity contribution is 0.419. The zero-order valence-electron chi connectivity index (χ0n) is 12.5. The number of hydrazine groups is 1. The first kappa shape index (κ1) is 14.3. The van der Waals surface area contributed by atoms with Gasteiger partial charge in [0.05, 0.1) is 0 Å². The summed E-state index contributed by atoms with van der Waals surface area (Å²) in [7, 11) is 2.00. The van der Waals surface area contributed by atoms with Crippen LogP contribution in [0.3, 0.4) is 0 Å². The molecule has 0 radical (unpaired) electrons. The third-order valence-corrected chi connectivity index (χ3v) is 3.09. The van der Waals surface area contributed by atoms with Crippen molar-refractivity contribution in [3.63, 3.8) is 0 Å². The fourth-order valence-corrected chi connectivity index (χ4v) is 2.07. The van der Waals surface area contributed by atoms with Crippen LogP contribution in [-0.2, 0) is 0 Å². The Morgan fingerprint density at radius 3 is 2.60 bits per heavy atom. The van der Waals surface area contributed by atoms with E-state index in [0.717, 1.165) is 24.0 Å². The lowest BCUT2D eigenvalue weighted by Gasteiger charge is -2.30. The second-order valence-corrected chi connectivity index (χ2v) is 4.34. The van der Waals surface area contributed by atoms with Gasteiger partial charge >= 0.3 is 0 Å². The van der Waals surface area contributed by atoms with Crippen molar-refractivity contribution < 1.29 is 0 Å². The number of aliphatic imine (C=N–C) groups is 2. The molecule has 0 aromatic heterocycles. The average molecular weight is 271 g/mol. The van der Waals surface area contributed by atoms with Crippen LogP contribution in [0.15, 0.2) is 51.7 Å². The number of para-hydroxylation sites is 1. The molecule has 106 valence electrons. The summed E-state index contributed by atoms with van der Waals surface area (Å²) in [5.41, 5.74) is 5.60. The molecule has 1 aromatic carbocycles. The molecule has 0 saturated heterocycles. The SMILES string of the molecule is CC.CC1=C2N=CN=C(N(C)c3ccccc3)N2NC1. The van der Waals surface area contributed by atoms with Gasteiger partial charge in [0.25, 0.3) is 0 Å². The third-order valence-electron chi connectivity index (χ3n) is 3.09. The summed E-state index contributed by atoms with van der Waals surface area (Å²) in [6.07, 6.45) is 1.61. The summed E-state index contributed by atoms with van der Waals surface area (Å²) in [5, 5.41) is 1.93. The number of hydrogen-bond acceptors (Lipinski definition) is 5. The van der Waals surface area contributed by atoms with E-state index in [2.05, 4.69) is 34.5 Å². The van der Waals surface area contributed by atoms with Crippen molar-refractivity contribution in [2.75, 3.05) is 18.5 Å². The summed E-state index contributed by atoms with van der Waals surface area (Å²) in [4.78, 5) is 10.7. The number of nitrogens with one attached hydrogen (secondary N) is 1. The van der Waals surface area contributed by atoms with Crippen LogP contribution >= 0.6 is 0 Å². The Morgan fingerprint density at radius 2 is 1.90 bits per heavy atom. The van der Waals surface area contributed by atoms with Crippen molar-refractivity contribution in [1.29, 1.82) is 0 Å². The van der Waals surface area contributed by atoms with Crippen molar-refractivity contribution in [3.8, 4) is 0 Å². The van der Waals surface area contributed by atoms with Crippen LogP contribution in [0.2, 0.25) is 0 Å². The maximum Gasteiger partial charge on any atom is 0.227 e. The van der Waals surface area contributed by atoms with Crippen molar-refractivity contribution in [2.24, 2.45) is 9.98 Å². The van der Waals surface area contributed by atoms with Crippen LogP contribution in [0.4, 0.5) is 5.69 Å². The Hall–Kier alpha value is -2.14. The maximum absolute atomic E-state index is 4.36. The highest BCUT2D eigenvalue weighted by Gasteiger charge is 2.28. The topological polar surface area (TPSA) is 43.2 Å². The average Bonchev–Trinajstić information content (AvgIpc) is 2.91. The molecule has 0 aliphatic carbocycles. The summed E-state index contributed by atoms with van der Waals surface area (Å²) >= 11 is 0. The predicted molar refractivity (Wildman–Crippen MR) is 84.7 cm³/mol. The molecule has 5 nitrogen and oxygen atoms in total. The second kappa shape index (κ2) is 6.34. The molecule has 2 heterocycles. The number of fused-ring (bicyclic) bond motifs is 1. The molecule has 0 atom stereocenters. The first-order chi connectivity index (χ1) is 9.77. The van der Waals surface area contributed by atoms with E-state index in [4.69, 9.17) is 0 Å². The van der Waals surface area contributed by atoms with Crippen LogP contribution in [0.1, 0.15) is 20.8 Å². The lowest BCUT2D eigenvalue weighted by Crippen LogP contribution is -2.47. The molecular weight excluding hydrogens is 250 g/mol. The number of nitrogens with zero attached hydrogens (tertiary/aromatic N) is 4. The minimum atomic E-state index is 0.814. The van der Waals surface area contributed by atoms with E-state index < -0.39 is 0 Å². The van der Waals surface area contributed by atoms with Crippen LogP contribution < -0.4 is 10.3 Å². The van der Waals surface area contributed by atoms with Crippen LogP contribution in [0.5, 0.6) is 0 Å². The highest BCUT2D eigenvalue weighted by atomic mass is 15.6. The van der Waals surface area contributed by atoms with Gasteiger partial charge in [-0.05, 0) is 24.6 Å². The van der Waals surface area contributed by atoms with Crippen molar-refractivity contribution in [3.05, 3.63) is 41.7 Å². The highest BCUT2D eigenvalue weighted by Crippen LogP contribution is 2.22. The van der Waals surface area contributed by atoms with Crippen molar-refractivity contribution in [2.45, 2.75) is 20.8 Å². The molecule has 1 aromatic rings. The molecule has 2 aliphatic heterocycles. The quantitative estimate of drug-likeness (QED) is 0.854. The summed E-state index contributed by atoms with van der Waals surface area (Å²) < 4.78 is 0. The standard InChI is InChI=1S/C13H15N5.C2H6/c1-10-8-16-18-12(10)14-9-15-13(18)17(2)11-6-4-3-5-7-11;1-2/h3-7,9,16H,8H2,1-2H3;1-2H3. The smallest absolute Gasteiger partial charge is 0.227 e. The van der Waals surface area contributed by atoms with Gasteiger partial charge in [-0.25, -0.2) is 20.4 Å². The van der Waals surface area contributed by atoms with Gasteiger partial charge in [0.1, 0.15) is 6.34 Å². The zero-order chi connectivity index (χ0) is 14.5. The Labute approximate surface area is 120 Å². The number of anilines is 1. The van der Waals surface area contributed by atoms with Gasteiger partial charge in [-0.2, -0.15) is 0 Å². The fraction of sp³-hybridized carbons (Fsp3) is 0.333. The molecule has 0 bridgehead atoms. The van der Waals surface area contributed by atoms with E-state index in [1.807, 2.05) is 49.0 Å². The normalized spacial score (nSPS) is 16.4. The Balaban J connectivity index is 0.000000704. The monoisotopic (exact) mass is 271 g/mol. The van der Waals surface area contributed by atoms with Gasteiger partial charge < -0.3 is 4.90 Å². The van der Waals surface area contributed by atoms with E-state index in [9.17, 15) is 0 Å². The molecule has 3 rings (SSSR count). The van der Waals surface area contributed by atoms with Crippen LogP contribution in [0.25, 0.3) is 0 Å². The molecule has 0 saturated carbocycles. The molecule has 5 heteroatoms. The minimum Gasteiger partial charge on any atom is -0.314 e. The molecule has 0 fully saturated rings. The molecular formula is C15H21N5. The Bertz CT molecular complexity index is 545. The first-order valence-electron chi connectivity index (χ1n) is 6.90. The molecule has 2 aliphatic rings. The Kier molecular flexibility index (Phi) is 4.53. The van der Waals surface area contributed by atoms with Crippen molar-refractivity contribution in [1.82, 2.24) is 10.4 Å². The van der Waals surface area contributed by atoms with E-state index in [-0.39, 0.29) is 0 Å². The summed E-state index contributed by atoms with van der Waals surface area (Å²) in [6, 6.07) is 10.2.